The van der Waals surface area contributed by atoms with Gasteiger partial charge in [0.2, 0.25) is 5.91 Å². The number of hydrogen-bond acceptors (Lipinski definition) is 3. The number of carbonyl (C=O) groups excluding carboxylic acids is 1. The van der Waals surface area contributed by atoms with Gasteiger partial charge in [-0.15, -0.1) is 0 Å². The van der Waals surface area contributed by atoms with Crippen LogP contribution in [0.3, 0.4) is 0 Å². The predicted molar refractivity (Wildman–Crippen MR) is 60.8 cm³/mol. The molecule has 0 aromatic carbocycles. The molecular formula is C8H17IN2O2. The minimum absolute atomic E-state index is 0.0440. The van der Waals surface area contributed by atoms with E-state index in [1.165, 1.54) is 5.06 Å². The van der Waals surface area contributed by atoms with E-state index in [4.69, 9.17) is 4.84 Å². The fourth-order valence-corrected chi connectivity index (χ4v) is 1.15. The maximum Gasteiger partial charge on any atom is 0.248 e. The minimum Gasteiger partial charge on any atom is -0.307 e. The number of alkyl halides is 1. The lowest BCUT2D eigenvalue weighted by Crippen LogP contribution is -2.26. The van der Waals surface area contributed by atoms with Crippen molar-refractivity contribution >= 4 is 28.5 Å². The van der Waals surface area contributed by atoms with Crippen LogP contribution in [0.1, 0.15) is 6.42 Å². The van der Waals surface area contributed by atoms with Gasteiger partial charge in [-0.25, -0.2) is 5.06 Å². The van der Waals surface area contributed by atoms with E-state index in [9.17, 15) is 4.79 Å². The first-order valence-corrected chi connectivity index (χ1v) is 6.21. The summed E-state index contributed by atoms with van der Waals surface area (Å²) in [7, 11) is 5.58. The zero-order valence-electron chi connectivity index (χ0n) is 8.58. The highest BCUT2D eigenvalue weighted by molar-refractivity contribution is 14.1. The van der Waals surface area contributed by atoms with Crippen LogP contribution in [0.15, 0.2) is 0 Å². The summed E-state index contributed by atoms with van der Waals surface area (Å²) in [6.07, 6.45) is 0.553. The largest absolute Gasteiger partial charge is 0.307 e. The van der Waals surface area contributed by atoms with Crippen molar-refractivity contribution in [3.8, 4) is 0 Å². The number of likely N-dealkylation sites (N-methyl/N-ethyl adjacent to an activating group) is 1. The third-order valence-electron chi connectivity index (χ3n) is 1.63. The third-order valence-corrected chi connectivity index (χ3v) is 1.63. The van der Waals surface area contributed by atoms with E-state index in [0.29, 0.717) is 6.42 Å². The standard InChI is InChI=1S/C7H14N2O2.CH3I/c1-8(2)5-6-4-7(10)9(3)11-6;1-2/h6H,4-5H2,1-3H3;1H3. The van der Waals surface area contributed by atoms with E-state index in [-0.39, 0.29) is 12.0 Å². The lowest BCUT2D eigenvalue weighted by Gasteiger charge is -2.14. The second kappa shape index (κ2) is 6.56. The van der Waals surface area contributed by atoms with Gasteiger partial charge >= 0.3 is 0 Å². The summed E-state index contributed by atoms with van der Waals surface area (Å²) in [5.74, 6) is 0.0665. The maximum atomic E-state index is 10.9. The summed E-state index contributed by atoms with van der Waals surface area (Å²) in [4.78, 5) is 20.2. The second-order valence-electron chi connectivity index (χ2n) is 3.08. The van der Waals surface area contributed by atoms with Crippen molar-refractivity contribution < 1.29 is 9.63 Å². The molecule has 5 heteroatoms. The summed E-state index contributed by atoms with van der Waals surface area (Å²) >= 11 is 2.15. The minimum atomic E-state index is 0.0440. The molecule has 1 aliphatic rings. The molecule has 1 heterocycles. The Labute approximate surface area is 93.3 Å². The van der Waals surface area contributed by atoms with Gasteiger partial charge in [0.1, 0.15) is 6.10 Å². The van der Waals surface area contributed by atoms with Crippen molar-refractivity contribution in [3.63, 3.8) is 0 Å². The average molecular weight is 300 g/mol. The van der Waals surface area contributed by atoms with E-state index in [1.54, 1.807) is 7.05 Å². The molecule has 1 unspecified atom stereocenters. The molecule has 0 aromatic rings. The van der Waals surface area contributed by atoms with Crippen molar-refractivity contribution in [2.45, 2.75) is 12.5 Å². The molecule has 0 bridgehead atoms. The highest BCUT2D eigenvalue weighted by Crippen LogP contribution is 2.12. The normalized spacial score (nSPS) is 21.8. The lowest BCUT2D eigenvalue weighted by atomic mass is 10.2. The summed E-state index contributed by atoms with van der Waals surface area (Å²) < 4.78 is 0. The first kappa shape index (κ1) is 13.1. The van der Waals surface area contributed by atoms with Gasteiger partial charge in [-0.1, -0.05) is 22.6 Å². The highest BCUT2D eigenvalue weighted by atomic mass is 127. The first-order valence-electron chi connectivity index (χ1n) is 4.05. The molecule has 1 fully saturated rings. The van der Waals surface area contributed by atoms with Crippen LogP contribution < -0.4 is 0 Å². The number of amides is 1. The number of hydrogen-bond donors (Lipinski definition) is 0. The topological polar surface area (TPSA) is 32.8 Å². The Kier molecular flexibility index (Phi) is 6.62. The monoisotopic (exact) mass is 300 g/mol. The average Bonchev–Trinajstić information content (AvgIpc) is 2.34. The van der Waals surface area contributed by atoms with Crippen LogP contribution in [0.5, 0.6) is 0 Å². The molecular weight excluding hydrogens is 283 g/mol. The number of halogens is 1. The molecule has 4 nitrogen and oxygen atoms in total. The SMILES string of the molecule is CI.CN(C)CC1CC(=O)N(C)O1. The van der Waals surface area contributed by atoms with Crippen LogP contribution in [0.4, 0.5) is 0 Å². The second-order valence-corrected chi connectivity index (χ2v) is 3.08. The summed E-state index contributed by atoms with van der Waals surface area (Å²) in [6.45, 7) is 0.802. The summed E-state index contributed by atoms with van der Waals surface area (Å²) in [5, 5.41) is 1.31. The maximum absolute atomic E-state index is 10.9. The zero-order chi connectivity index (χ0) is 10.4. The molecule has 13 heavy (non-hydrogen) atoms. The smallest absolute Gasteiger partial charge is 0.248 e. The molecule has 0 saturated carbocycles. The van der Waals surface area contributed by atoms with Gasteiger partial charge in [-0.05, 0) is 19.0 Å². The van der Waals surface area contributed by atoms with Gasteiger partial charge in [0.25, 0.3) is 0 Å². The molecule has 0 spiro atoms. The molecule has 0 aromatic heterocycles. The number of rotatable bonds is 2. The van der Waals surface area contributed by atoms with E-state index in [1.807, 2.05) is 23.9 Å². The van der Waals surface area contributed by atoms with E-state index in [2.05, 4.69) is 22.6 Å². The van der Waals surface area contributed by atoms with Crippen LogP contribution in [0.25, 0.3) is 0 Å². The fourth-order valence-electron chi connectivity index (χ4n) is 1.15. The molecule has 78 valence electrons. The number of nitrogens with zero attached hydrogens (tertiary/aromatic N) is 2. The number of carbonyl (C=O) groups is 1. The van der Waals surface area contributed by atoms with Crippen molar-refractivity contribution in [2.75, 3.05) is 32.6 Å². The quantitative estimate of drug-likeness (QED) is 0.558. The Morgan fingerprint density at radius 3 is 2.46 bits per heavy atom. The molecule has 0 N–H and O–H groups in total. The fraction of sp³-hybridized carbons (Fsp3) is 0.875. The van der Waals surface area contributed by atoms with Gasteiger partial charge in [0, 0.05) is 13.6 Å². The molecule has 1 aliphatic heterocycles. The van der Waals surface area contributed by atoms with Crippen LogP contribution in [0, 0.1) is 0 Å². The predicted octanol–water partition coefficient (Wildman–Crippen LogP) is 0.762. The zero-order valence-corrected chi connectivity index (χ0v) is 10.7. The van der Waals surface area contributed by atoms with Crippen LogP contribution in [-0.4, -0.2) is 54.6 Å². The van der Waals surface area contributed by atoms with Crippen molar-refractivity contribution in [2.24, 2.45) is 0 Å². The Balaban J connectivity index is 0.000000671. The van der Waals surface area contributed by atoms with E-state index >= 15 is 0 Å². The van der Waals surface area contributed by atoms with Crippen molar-refractivity contribution in [1.29, 1.82) is 0 Å². The first-order chi connectivity index (χ1) is 6.09. The molecule has 0 radical (unpaired) electrons. The Morgan fingerprint density at radius 1 is 1.62 bits per heavy atom. The van der Waals surface area contributed by atoms with E-state index < -0.39 is 0 Å². The summed E-state index contributed by atoms with van der Waals surface area (Å²) in [5.41, 5.74) is 0. The molecule has 1 atom stereocenters. The molecule has 1 saturated heterocycles. The Morgan fingerprint density at radius 2 is 2.15 bits per heavy atom. The van der Waals surface area contributed by atoms with Crippen LogP contribution >= 0.6 is 22.6 Å². The molecule has 0 aliphatic carbocycles. The third kappa shape index (κ3) is 4.78. The number of hydroxylamine groups is 2. The molecule has 1 amide bonds. The van der Waals surface area contributed by atoms with Crippen molar-refractivity contribution in [1.82, 2.24) is 9.96 Å². The van der Waals surface area contributed by atoms with Crippen LogP contribution in [-0.2, 0) is 9.63 Å². The van der Waals surface area contributed by atoms with Gasteiger partial charge in [-0.3, -0.25) is 9.63 Å². The van der Waals surface area contributed by atoms with E-state index in [0.717, 1.165) is 6.54 Å². The summed E-state index contributed by atoms with van der Waals surface area (Å²) in [6, 6.07) is 0. The molecule has 1 rings (SSSR count). The Bertz CT molecular complexity index is 164. The van der Waals surface area contributed by atoms with Gasteiger partial charge < -0.3 is 4.90 Å². The lowest BCUT2D eigenvalue weighted by molar-refractivity contribution is -0.164. The Hall–Kier alpha value is 0.120. The van der Waals surface area contributed by atoms with Crippen LogP contribution in [0.2, 0.25) is 0 Å². The van der Waals surface area contributed by atoms with Crippen molar-refractivity contribution in [3.05, 3.63) is 0 Å². The highest BCUT2D eigenvalue weighted by Gasteiger charge is 2.28. The van der Waals surface area contributed by atoms with Gasteiger partial charge in [-0.2, -0.15) is 0 Å². The van der Waals surface area contributed by atoms with Gasteiger partial charge in [0.05, 0.1) is 6.42 Å². The van der Waals surface area contributed by atoms with Gasteiger partial charge in [0.15, 0.2) is 0 Å².